The van der Waals surface area contributed by atoms with Gasteiger partial charge in [-0.05, 0) is 30.0 Å². The van der Waals surface area contributed by atoms with Crippen LogP contribution in [-0.2, 0) is 6.54 Å². The van der Waals surface area contributed by atoms with Crippen molar-refractivity contribution in [2.45, 2.75) is 11.4 Å². The molecule has 0 atom stereocenters. The molecule has 0 saturated carbocycles. The van der Waals surface area contributed by atoms with Gasteiger partial charge >= 0.3 is 5.00 Å². The average molecular weight is 322 g/mol. The number of carbonyl (C=O) groups excluding carboxylic acids is 1. The Hall–Kier alpha value is -1.86. The number of benzene rings is 1. The number of thioether (sulfide) groups is 1. The second-order valence-corrected chi connectivity index (χ2v) is 6.35. The number of hydrogen-bond donors (Lipinski definition) is 0. The Morgan fingerprint density at radius 3 is 2.48 bits per heavy atom. The number of nitro groups is 1. The third-order valence-corrected chi connectivity index (χ3v) is 4.68. The zero-order chi connectivity index (χ0) is 15.4. The van der Waals surface area contributed by atoms with Crippen LogP contribution < -0.4 is 0 Å². The molecule has 1 aromatic heterocycles. The zero-order valence-electron chi connectivity index (χ0n) is 11.6. The lowest BCUT2D eigenvalue weighted by Crippen LogP contribution is -2.25. The van der Waals surface area contributed by atoms with Gasteiger partial charge in [0.25, 0.3) is 5.91 Å². The predicted octanol–water partition coefficient (Wildman–Crippen LogP) is 3.65. The van der Waals surface area contributed by atoms with Crippen molar-refractivity contribution in [2.24, 2.45) is 0 Å². The lowest BCUT2D eigenvalue weighted by Gasteiger charge is -2.16. The van der Waals surface area contributed by atoms with Crippen molar-refractivity contribution in [3.63, 3.8) is 0 Å². The monoisotopic (exact) mass is 322 g/mol. The van der Waals surface area contributed by atoms with Crippen molar-refractivity contribution in [3.8, 4) is 0 Å². The lowest BCUT2D eigenvalue weighted by molar-refractivity contribution is -0.380. The maximum atomic E-state index is 12.2. The molecule has 0 fully saturated rings. The standard InChI is InChI=1S/C14H14N2O3S2/c1-15(9-10-3-5-11(20-2)6-4-10)14(17)12-7-8-13(21-12)16(18)19/h3-8H,9H2,1-2H3. The minimum atomic E-state index is -0.484. The van der Waals surface area contributed by atoms with E-state index in [-0.39, 0.29) is 10.9 Å². The van der Waals surface area contributed by atoms with Gasteiger partial charge in [0.15, 0.2) is 0 Å². The van der Waals surface area contributed by atoms with Crippen molar-refractivity contribution in [3.05, 3.63) is 57.0 Å². The minimum absolute atomic E-state index is 0.0175. The van der Waals surface area contributed by atoms with Gasteiger partial charge in [0, 0.05) is 24.6 Å². The molecule has 0 radical (unpaired) electrons. The molecule has 0 aliphatic heterocycles. The summed E-state index contributed by atoms with van der Waals surface area (Å²) in [6.45, 7) is 0.471. The fourth-order valence-electron chi connectivity index (χ4n) is 1.81. The van der Waals surface area contributed by atoms with E-state index in [1.54, 1.807) is 23.7 Å². The average Bonchev–Trinajstić information content (AvgIpc) is 2.97. The van der Waals surface area contributed by atoms with Crippen LogP contribution in [0, 0.1) is 10.1 Å². The highest BCUT2D eigenvalue weighted by molar-refractivity contribution is 7.98. The fourth-order valence-corrected chi connectivity index (χ4v) is 3.03. The Bertz CT molecular complexity index is 652. The number of rotatable bonds is 5. The van der Waals surface area contributed by atoms with Crippen molar-refractivity contribution in [2.75, 3.05) is 13.3 Å². The van der Waals surface area contributed by atoms with E-state index in [4.69, 9.17) is 0 Å². The Balaban J connectivity index is 2.05. The molecule has 1 aromatic carbocycles. The summed E-state index contributed by atoms with van der Waals surface area (Å²) in [6, 6.07) is 10.8. The van der Waals surface area contributed by atoms with Crippen molar-refractivity contribution < 1.29 is 9.72 Å². The number of carbonyl (C=O) groups is 1. The first-order valence-corrected chi connectivity index (χ1v) is 8.18. The van der Waals surface area contributed by atoms with Crippen LogP contribution in [0.2, 0.25) is 0 Å². The van der Waals surface area contributed by atoms with Crippen LogP contribution in [-0.4, -0.2) is 29.0 Å². The van der Waals surface area contributed by atoms with E-state index in [9.17, 15) is 14.9 Å². The first-order valence-electron chi connectivity index (χ1n) is 6.14. The summed E-state index contributed by atoms with van der Waals surface area (Å²) in [5.41, 5.74) is 1.02. The summed E-state index contributed by atoms with van der Waals surface area (Å²) in [4.78, 5) is 25.5. The van der Waals surface area contributed by atoms with Gasteiger partial charge in [-0.15, -0.1) is 11.8 Å². The Morgan fingerprint density at radius 2 is 1.95 bits per heavy atom. The highest BCUT2D eigenvalue weighted by Crippen LogP contribution is 2.25. The summed E-state index contributed by atoms with van der Waals surface area (Å²) in [5.74, 6) is -0.206. The highest BCUT2D eigenvalue weighted by atomic mass is 32.2. The molecule has 1 amide bonds. The topological polar surface area (TPSA) is 63.5 Å². The zero-order valence-corrected chi connectivity index (χ0v) is 13.2. The maximum absolute atomic E-state index is 12.2. The van der Waals surface area contributed by atoms with Crippen LogP contribution >= 0.6 is 23.1 Å². The number of nitrogens with zero attached hydrogens (tertiary/aromatic N) is 2. The van der Waals surface area contributed by atoms with E-state index in [0.717, 1.165) is 16.9 Å². The Labute approximate surface area is 130 Å². The van der Waals surface area contributed by atoms with Crippen LogP contribution in [0.15, 0.2) is 41.3 Å². The molecule has 2 rings (SSSR count). The second-order valence-electron chi connectivity index (χ2n) is 4.40. The van der Waals surface area contributed by atoms with Crippen LogP contribution in [0.3, 0.4) is 0 Å². The van der Waals surface area contributed by atoms with E-state index in [1.165, 1.54) is 17.0 Å². The first-order chi connectivity index (χ1) is 10.0. The van der Waals surface area contributed by atoms with Crippen LogP contribution in [0.5, 0.6) is 0 Å². The fraction of sp³-hybridized carbons (Fsp3) is 0.214. The molecule has 2 aromatic rings. The number of thiophene rings is 1. The van der Waals surface area contributed by atoms with Gasteiger partial charge in [-0.1, -0.05) is 23.5 Å². The third kappa shape index (κ3) is 3.83. The SMILES string of the molecule is CSc1ccc(CN(C)C(=O)c2ccc([N+](=O)[O-])s2)cc1. The van der Waals surface area contributed by atoms with Gasteiger partial charge in [0.1, 0.15) is 0 Å². The molecule has 0 saturated heterocycles. The van der Waals surface area contributed by atoms with Crippen molar-refractivity contribution in [1.82, 2.24) is 4.90 Å². The number of amides is 1. The summed E-state index contributed by atoms with van der Waals surface area (Å²) >= 11 is 2.56. The van der Waals surface area contributed by atoms with Gasteiger partial charge in [-0.3, -0.25) is 14.9 Å². The maximum Gasteiger partial charge on any atom is 0.324 e. The summed E-state index contributed by atoms with van der Waals surface area (Å²) in [7, 11) is 1.69. The molecule has 21 heavy (non-hydrogen) atoms. The van der Waals surface area contributed by atoms with Gasteiger partial charge in [0.05, 0.1) is 9.80 Å². The lowest BCUT2D eigenvalue weighted by atomic mass is 10.2. The molecule has 0 bridgehead atoms. The molecule has 0 aliphatic carbocycles. The Morgan fingerprint density at radius 1 is 1.29 bits per heavy atom. The molecular formula is C14H14N2O3S2. The quantitative estimate of drug-likeness (QED) is 0.479. The van der Waals surface area contributed by atoms with E-state index < -0.39 is 4.92 Å². The van der Waals surface area contributed by atoms with Gasteiger partial charge in [-0.25, -0.2) is 0 Å². The summed E-state index contributed by atoms with van der Waals surface area (Å²) in [6.07, 6.45) is 2.01. The second kappa shape index (κ2) is 6.73. The summed E-state index contributed by atoms with van der Waals surface area (Å²) in [5, 5.41) is 10.6. The Kier molecular flexibility index (Phi) is 4.98. The van der Waals surface area contributed by atoms with Gasteiger partial charge in [-0.2, -0.15) is 0 Å². The first kappa shape index (κ1) is 15.5. The molecule has 0 spiro atoms. The van der Waals surface area contributed by atoms with Crippen LogP contribution in [0.4, 0.5) is 5.00 Å². The van der Waals surface area contributed by atoms with E-state index in [0.29, 0.717) is 11.4 Å². The smallest absolute Gasteiger partial charge is 0.324 e. The van der Waals surface area contributed by atoms with Crippen molar-refractivity contribution >= 4 is 34.0 Å². The molecule has 0 N–H and O–H groups in total. The van der Waals surface area contributed by atoms with E-state index in [2.05, 4.69) is 0 Å². The highest BCUT2D eigenvalue weighted by Gasteiger charge is 2.18. The molecule has 5 nitrogen and oxygen atoms in total. The molecular weight excluding hydrogens is 308 g/mol. The van der Waals surface area contributed by atoms with E-state index in [1.807, 2.05) is 30.5 Å². The molecule has 1 heterocycles. The summed E-state index contributed by atoms with van der Waals surface area (Å²) < 4.78 is 0. The van der Waals surface area contributed by atoms with Crippen LogP contribution in [0.25, 0.3) is 0 Å². The van der Waals surface area contributed by atoms with Crippen LogP contribution in [0.1, 0.15) is 15.2 Å². The molecule has 0 aliphatic rings. The molecule has 110 valence electrons. The normalized spacial score (nSPS) is 10.4. The predicted molar refractivity (Wildman–Crippen MR) is 85.0 cm³/mol. The largest absolute Gasteiger partial charge is 0.337 e. The van der Waals surface area contributed by atoms with Gasteiger partial charge < -0.3 is 4.90 Å². The van der Waals surface area contributed by atoms with E-state index >= 15 is 0 Å². The molecule has 0 unspecified atom stereocenters. The van der Waals surface area contributed by atoms with Gasteiger partial charge in [0.2, 0.25) is 0 Å². The number of hydrogen-bond acceptors (Lipinski definition) is 5. The van der Waals surface area contributed by atoms with Crippen molar-refractivity contribution in [1.29, 1.82) is 0 Å². The molecule has 7 heteroatoms. The third-order valence-electron chi connectivity index (χ3n) is 2.91. The minimum Gasteiger partial charge on any atom is -0.337 e.